The number of halogens is 1. The van der Waals surface area contributed by atoms with Crippen LogP contribution in [0.2, 0.25) is 0 Å². The van der Waals surface area contributed by atoms with Crippen molar-refractivity contribution in [3.8, 4) is 11.9 Å². The van der Waals surface area contributed by atoms with Crippen molar-refractivity contribution in [2.75, 3.05) is 38.2 Å². The normalized spacial score (nSPS) is 13.8. The smallest absolute Gasteiger partial charge is 0.407 e. The molecule has 0 spiro atoms. The monoisotopic (exact) mass is 400 g/mol. The number of hydrogen-bond acceptors (Lipinski definition) is 6. The van der Waals surface area contributed by atoms with Gasteiger partial charge >= 0.3 is 6.09 Å². The summed E-state index contributed by atoms with van der Waals surface area (Å²) in [5, 5.41) is 17.9. The molecule has 1 fully saturated rings. The molecule has 0 unspecified atom stereocenters. The van der Waals surface area contributed by atoms with Crippen molar-refractivity contribution in [3.63, 3.8) is 0 Å². The van der Waals surface area contributed by atoms with Gasteiger partial charge in [-0.05, 0) is 23.8 Å². The van der Waals surface area contributed by atoms with E-state index in [2.05, 4.69) is 4.98 Å². The van der Waals surface area contributed by atoms with Crippen LogP contribution in [0.15, 0.2) is 30.3 Å². The van der Waals surface area contributed by atoms with Gasteiger partial charge in [0.05, 0.1) is 18.2 Å². The zero-order chi connectivity index (χ0) is 20.8. The van der Waals surface area contributed by atoms with Gasteiger partial charge in [0.15, 0.2) is 0 Å². The number of carbonyl (C=O) groups is 1. The number of anilines is 1. The first kappa shape index (κ1) is 20.4. The van der Waals surface area contributed by atoms with Crippen LogP contribution in [0, 0.1) is 17.1 Å². The predicted octanol–water partition coefficient (Wildman–Crippen LogP) is 2.62. The van der Waals surface area contributed by atoms with E-state index in [-0.39, 0.29) is 12.2 Å². The lowest BCUT2D eigenvalue weighted by atomic mass is 10.1. The molecule has 29 heavy (non-hydrogen) atoms. The summed E-state index contributed by atoms with van der Waals surface area (Å²) in [6.07, 6.45) is -0.931. The third-order valence-corrected chi connectivity index (χ3v) is 4.59. The van der Waals surface area contributed by atoms with Crippen LogP contribution in [0.3, 0.4) is 0 Å². The van der Waals surface area contributed by atoms with E-state index < -0.39 is 11.9 Å². The summed E-state index contributed by atoms with van der Waals surface area (Å²) in [4.78, 5) is 18.9. The summed E-state index contributed by atoms with van der Waals surface area (Å²) >= 11 is 0. The molecular formula is C20H21FN4O4. The maximum Gasteiger partial charge on any atom is 0.407 e. The fourth-order valence-corrected chi connectivity index (χ4v) is 3.04. The molecule has 0 bridgehead atoms. The molecule has 1 saturated heterocycles. The van der Waals surface area contributed by atoms with Gasteiger partial charge in [0.25, 0.3) is 0 Å². The van der Waals surface area contributed by atoms with Crippen molar-refractivity contribution in [2.45, 2.75) is 13.2 Å². The first-order valence-corrected chi connectivity index (χ1v) is 9.04. The van der Waals surface area contributed by atoms with Gasteiger partial charge in [-0.15, -0.1) is 0 Å². The van der Waals surface area contributed by atoms with Crippen LogP contribution < -0.4 is 9.64 Å². The van der Waals surface area contributed by atoms with Gasteiger partial charge in [-0.2, -0.15) is 10.2 Å². The highest BCUT2D eigenvalue weighted by Crippen LogP contribution is 2.23. The van der Waals surface area contributed by atoms with E-state index in [0.29, 0.717) is 50.0 Å². The Morgan fingerprint density at radius 3 is 2.62 bits per heavy atom. The Morgan fingerprint density at radius 2 is 2.00 bits per heavy atom. The topological polar surface area (TPSA) is 98.9 Å². The van der Waals surface area contributed by atoms with Crippen molar-refractivity contribution < 1.29 is 23.8 Å². The van der Waals surface area contributed by atoms with Crippen LogP contribution in [0.1, 0.15) is 16.7 Å². The van der Waals surface area contributed by atoms with Crippen molar-refractivity contribution in [1.29, 1.82) is 5.26 Å². The summed E-state index contributed by atoms with van der Waals surface area (Å²) in [5.41, 5.74) is 1.40. The lowest BCUT2D eigenvalue weighted by Gasteiger charge is -2.34. The molecule has 1 aromatic carbocycles. The molecule has 1 aromatic heterocycles. The molecule has 0 aliphatic carbocycles. The van der Waals surface area contributed by atoms with Gasteiger partial charge in [0.2, 0.25) is 5.88 Å². The second-order valence-corrected chi connectivity index (χ2v) is 6.57. The molecule has 1 aliphatic heterocycles. The number of rotatable bonds is 6. The van der Waals surface area contributed by atoms with E-state index in [1.54, 1.807) is 13.2 Å². The van der Waals surface area contributed by atoms with Gasteiger partial charge in [0, 0.05) is 44.9 Å². The summed E-state index contributed by atoms with van der Waals surface area (Å²) in [7, 11) is 1.58. The van der Waals surface area contributed by atoms with E-state index in [9.17, 15) is 9.18 Å². The summed E-state index contributed by atoms with van der Waals surface area (Å²) in [5.74, 6) is 0.459. The van der Waals surface area contributed by atoms with Crippen LogP contribution in [0.5, 0.6) is 5.88 Å². The number of amides is 1. The van der Waals surface area contributed by atoms with Gasteiger partial charge in [-0.3, -0.25) is 0 Å². The van der Waals surface area contributed by atoms with Crippen LogP contribution >= 0.6 is 0 Å². The lowest BCUT2D eigenvalue weighted by Crippen LogP contribution is -2.48. The molecule has 152 valence electrons. The summed E-state index contributed by atoms with van der Waals surface area (Å²) < 4.78 is 25.0. The zero-order valence-electron chi connectivity index (χ0n) is 16.0. The first-order chi connectivity index (χ1) is 14.0. The van der Waals surface area contributed by atoms with Crippen LogP contribution in [0.4, 0.5) is 15.0 Å². The third kappa shape index (κ3) is 5.12. The van der Waals surface area contributed by atoms with Crippen molar-refractivity contribution in [1.82, 2.24) is 9.88 Å². The minimum atomic E-state index is -0.931. The number of hydrogen-bond donors (Lipinski definition) is 1. The third-order valence-electron chi connectivity index (χ3n) is 4.59. The number of nitrogens with zero attached hydrogens (tertiary/aromatic N) is 4. The Balaban J connectivity index is 1.75. The average molecular weight is 400 g/mol. The van der Waals surface area contributed by atoms with Crippen LogP contribution in [-0.4, -0.2) is 54.4 Å². The average Bonchev–Trinajstić information content (AvgIpc) is 2.73. The van der Waals surface area contributed by atoms with Crippen molar-refractivity contribution >= 4 is 11.9 Å². The molecule has 1 aliphatic rings. The number of carboxylic acid groups (broad SMARTS) is 1. The standard InChI is InChI=1S/C20H21FN4O4/c1-28-12-15-9-18(24-4-6-25(7-5-24)20(26)27)23-19(10-15)29-13-16-3-2-14(11-22)8-17(16)21/h2-3,8-10H,4-7,12-13H2,1H3,(H,26,27). The second-order valence-electron chi connectivity index (χ2n) is 6.57. The number of nitriles is 1. The Morgan fingerprint density at radius 1 is 1.24 bits per heavy atom. The summed E-state index contributed by atoms with van der Waals surface area (Å²) in [6.45, 7) is 2.12. The molecule has 1 N–H and O–H groups in total. The molecule has 0 atom stereocenters. The largest absolute Gasteiger partial charge is 0.473 e. The Labute approximate surface area is 167 Å². The highest BCUT2D eigenvalue weighted by molar-refractivity contribution is 5.65. The van der Waals surface area contributed by atoms with Crippen molar-refractivity contribution in [2.24, 2.45) is 0 Å². The summed E-state index contributed by atoms with van der Waals surface area (Å²) in [6, 6.07) is 9.70. The minimum absolute atomic E-state index is 0.0345. The number of ether oxygens (including phenoxy) is 2. The fourth-order valence-electron chi connectivity index (χ4n) is 3.04. The van der Waals surface area contributed by atoms with E-state index >= 15 is 0 Å². The van der Waals surface area contributed by atoms with Crippen LogP contribution in [0.25, 0.3) is 0 Å². The molecule has 0 saturated carbocycles. The molecular weight excluding hydrogens is 379 g/mol. The van der Waals surface area contributed by atoms with E-state index in [0.717, 1.165) is 5.56 Å². The molecule has 1 amide bonds. The first-order valence-electron chi connectivity index (χ1n) is 9.04. The molecule has 8 nitrogen and oxygen atoms in total. The Bertz CT molecular complexity index is 923. The van der Waals surface area contributed by atoms with Gasteiger partial charge in [-0.25, -0.2) is 9.18 Å². The maximum atomic E-state index is 14.1. The van der Waals surface area contributed by atoms with Gasteiger partial charge in [-0.1, -0.05) is 6.07 Å². The maximum absolute atomic E-state index is 14.1. The van der Waals surface area contributed by atoms with E-state index in [1.165, 1.54) is 23.1 Å². The molecule has 2 heterocycles. The molecule has 3 rings (SSSR count). The highest BCUT2D eigenvalue weighted by atomic mass is 19.1. The second kappa shape index (κ2) is 9.21. The molecule has 2 aromatic rings. The Hall–Kier alpha value is -3.38. The van der Waals surface area contributed by atoms with Gasteiger partial charge in [0.1, 0.15) is 18.2 Å². The SMILES string of the molecule is COCc1cc(OCc2ccc(C#N)cc2F)nc(N2CCN(C(=O)O)CC2)c1. The highest BCUT2D eigenvalue weighted by Gasteiger charge is 2.22. The zero-order valence-corrected chi connectivity index (χ0v) is 16.0. The minimum Gasteiger partial charge on any atom is -0.473 e. The number of benzene rings is 1. The number of aromatic nitrogens is 1. The van der Waals surface area contributed by atoms with Crippen LogP contribution in [-0.2, 0) is 18.0 Å². The number of pyridine rings is 1. The Kier molecular flexibility index (Phi) is 6.46. The fraction of sp³-hybridized carbons (Fsp3) is 0.350. The van der Waals surface area contributed by atoms with E-state index in [4.69, 9.17) is 19.8 Å². The number of piperazine rings is 1. The van der Waals surface area contributed by atoms with E-state index in [1.807, 2.05) is 17.0 Å². The predicted molar refractivity (Wildman–Crippen MR) is 102 cm³/mol. The molecule has 0 radical (unpaired) electrons. The van der Waals surface area contributed by atoms with Gasteiger partial charge < -0.3 is 24.4 Å². The number of methoxy groups -OCH3 is 1. The quantitative estimate of drug-likeness (QED) is 0.796. The van der Waals surface area contributed by atoms with Crippen molar-refractivity contribution in [3.05, 3.63) is 52.8 Å². The lowest BCUT2D eigenvalue weighted by molar-refractivity contribution is 0.142. The molecule has 9 heteroatoms.